The Morgan fingerprint density at radius 2 is 1.87 bits per heavy atom. The van der Waals surface area contributed by atoms with Crippen LogP contribution < -0.4 is 10.2 Å². The Morgan fingerprint density at radius 3 is 2.57 bits per heavy atom. The van der Waals surface area contributed by atoms with Gasteiger partial charge in [-0.25, -0.2) is 0 Å². The van der Waals surface area contributed by atoms with E-state index in [-0.39, 0.29) is 35.8 Å². The Bertz CT molecular complexity index is 1080. The van der Waals surface area contributed by atoms with E-state index in [1.807, 2.05) is 30.3 Å². The third kappa shape index (κ3) is 4.31. The van der Waals surface area contributed by atoms with Gasteiger partial charge in [-0.1, -0.05) is 12.1 Å². The number of anilines is 2. The summed E-state index contributed by atoms with van der Waals surface area (Å²) in [6, 6.07) is 17.9. The molecule has 1 unspecified atom stereocenters. The highest BCUT2D eigenvalue weighted by molar-refractivity contribution is 7.99. The molecular weight excluding hydrogens is 400 g/mol. The first-order chi connectivity index (χ1) is 14.5. The first kappa shape index (κ1) is 20.0. The highest BCUT2D eigenvalue weighted by Gasteiger charge is 2.31. The number of Topliss-reactive ketones (excluding diaryl/α,β-unsaturated/α-hetero) is 1. The maximum absolute atomic E-state index is 13.0. The molecule has 0 radical (unpaired) electrons. The lowest BCUT2D eigenvalue weighted by Crippen LogP contribution is -2.38. The molecule has 3 aromatic rings. The van der Waals surface area contributed by atoms with Crippen LogP contribution in [0, 0.1) is 0 Å². The molecule has 152 valence electrons. The summed E-state index contributed by atoms with van der Waals surface area (Å²) in [4.78, 5) is 39.6. The van der Waals surface area contributed by atoms with Crippen LogP contribution in [0.4, 0.5) is 11.4 Å². The number of rotatable bonds is 5. The zero-order valence-electron chi connectivity index (χ0n) is 16.3. The van der Waals surface area contributed by atoms with Crippen molar-refractivity contribution < 1.29 is 18.8 Å². The van der Waals surface area contributed by atoms with Crippen LogP contribution in [-0.2, 0) is 9.59 Å². The van der Waals surface area contributed by atoms with Gasteiger partial charge in [0.2, 0.25) is 11.8 Å². The quantitative estimate of drug-likeness (QED) is 0.606. The molecule has 0 saturated carbocycles. The molecular formula is C23H20N2O4S. The van der Waals surface area contributed by atoms with Gasteiger partial charge in [-0.2, -0.15) is 0 Å². The minimum atomic E-state index is -0.310. The molecule has 30 heavy (non-hydrogen) atoms. The summed E-state index contributed by atoms with van der Waals surface area (Å²) in [6.07, 6.45) is 1.83. The van der Waals surface area contributed by atoms with Crippen LogP contribution in [0.3, 0.4) is 0 Å². The van der Waals surface area contributed by atoms with Crippen LogP contribution >= 0.6 is 11.8 Å². The van der Waals surface area contributed by atoms with Crippen molar-refractivity contribution in [2.75, 3.05) is 16.8 Å². The standard InChI is InChI=1S/C23H20N2O4S/c1-15(26)16-8-10-17(11-9-16)24-22(27)14-25-18-5-2-3-7-20(18)30-21(13-23(25)28)19-6-4-12-29-19/h2-12,21H,13-14H2,1H3,(H,24,27). The average Bonchev–Trinajstić information content (AvgIpc) is 3.23. The highest BCUT2D eigenvalue weighted by Crippen LogP contribution is 2.45. The average molecular weight is 420 g/mol. The maximum Gasteiger partial charge on any atom is 0.244 e. The number of benzene rings is 2. The molecule has 1 N–H and O–H groups in total. The van der Waals surface area contributed by atoms with Gasteiger partial charge < -0.3 is 14.6 Å². The van der Waals surface area contributed by atoms with Crippen LogP contribution in [-0.4, -0.2) is 24.1 Å². The normalized spacial score (nSPS) is 16.0. The van der Waals surface area contributed by atoms with Crippen molar-refractivity contribution in [1.29, 1.82) is 0 Å². The fourth-order valence-corrected chi connectivity index (χ4v) is 4.56. The van der Waals surface area contributed by atoms with Crippen molar-refractivity contribution in [1.82, 2.24) is 0 Å². The smallest absolute Gasteiger partial charge is 0.244 e. The van der Waals surface area contributed by atoms with E-state index in [2.05, 4.69) is 5.32 Å². The molecule has 0 spiro atoms. The number of ketones is 1. The van der Waals surface area contributed by atoms with Crippen molar-refractivity contribution in [3.8, 4) is 0 Å². The van der Waals surface area contributed by atoms with Crippen LogP contribution in [0.1, 0.15) is 34.7 Å². The number of furan rings is 1. The number of hydrogen-bond acceptors (Lipinski definition) is 5. The van der Waals surface area contributed by atoms with E-state index < -0.39 is 0 Å². The molecule has 2 aromatic carbocycles. The predicted molar refractivity (Wildman–Crippen MR) is 116 cm³/mol. The van der Waals surface area contributed by atoms with Crippen LogP contribution in [0.25, 0.3) is 0 Å². The third-order valence-electron chi connectivity index (χ3n) is 4.82. The fourth-order valence-electron chi connectivity index (χ4n) is 3.32. The summed E-state index contributed by atoms with van der Waals surface area (Å²) >= 11 is 1.56. The van der Waals surface area contributed by atoms with Gasteiger partial charge in [0, 0.05) is 22.6 Å². The Balaban J connectivity index is 1.53. The number of nitrogens with one attached hydrogen (secondary N) is 1. The first-order valence-corrected chi connectivity index (χ1v) is 10.4. The van der Waals surface area contributed by atoms with Crippen molar-refractivity contribution in [3.63, 3.8) is 0 Å². The van der Waals surface area contributed by atoms with E-state index in [1.54, 1.807) is 48.4 Å². The molecule has 0 bridgehead atoms. The van der Waals surface area contributed by atoms with Gasteiger partial charge in [-0.3, -0.25) is 14.4 Å². The SMILES string of the molecule is CC(=O)c1ccc(NC(=O)CN2C(=O)CC(c3ccco3)Sc3ccccc32)cc1. The number of nitrogens with zero attached hydrogens (tertiary/aromatic N) is 1. The van der Waals surface area contributed by atoms with E-state index in [9.17, 15) is 14.4 Å². The zero-order valence-corrected chi connectivity index (χ0v) is 17.1. The summed E-state index contributed by atoms with van der Waals surface area (Å²) < 4.78 is 5.52. The second-order valence-electron chi connectivity index (χ2n) is 6.96. The number of fused-ring (bicyclic) bond motifs is 1. The van der Waals surface area contributed by atoms with Gasteiger partial charge in [-0.05, 0) is 55.5 Å². The van der Waals surface area contributed by atoms with Crippen LogP contribution in [0.5, 0.6) is 0 Å². The van der Waals surface area contributed by atoms with Gasteiger partial charge in [0.25, 0.3) is 0 Å². The Kier molecular flexibility index (Phi) is 5.72. The highest BCUT2D eigenvalue weighted by atomic mass is 32.2. The number of para-hydroxylation sites is 1. The lowest BCUT2D eigenvalue weighted by molar-refractivity contribution is -0.121. The fraction of sp³-hybridized carbons (Fsp3) is 0.174. The van der Waals surface area contributed by atoms with Crippen molar-refractivity contribution >= 4 is 40.7 Å². The van der Waals surface area contributed by atoms with Crippen molar-refractivity contribution in [2.24, 2.45) is 0 Å². The summed E-state index contributed by atoms with van der Waals surface area (Å²) in [5, 5.41) is 2.64. The number of amides is 2. The largest absolute Gasteiger partial charge is 0.468 e. The molecule has 2 amide bonds. The van der Waals surface area contributed by atoms with Gasteiger partial charge in [0.05, 0.1) is 17.2 Å². The summed E-state index contributed by atoms with van der Waals surface area (Å²) in [5.41, 5.74) is 1.86. The number of thioether (sulfide) groups is 1. The Morgan fingerprint density at radius 1 is 1.10 bits per heavy atom. The molecule has 7 heteroatoms. The Labute approximate surface area is 178 Å². The molecule has 1 aliphatic heterocycles. The van der Waals surface area contributed by atoms with Crippen LogP contribution in [0.2, 0.25) is 0 Å². The van der Waals surface area contributed by atoms with E-state index in [1.165, 1.54) is 11.8 Å². The van der Waals surface area contributed by atoms with E-state index in [4.69, 9.17) is 4.42 Å². The first-order valence-electron chi connectivity index (χ1n) is 9.51. The molecule has 1 aliphatic rings. The van der Waals surface area contributed by atoms with Crippen LogP contribution in [0.15, 0.2) is 76.2 Å². The summed E-state index contributed by atoms with van der Waals surface area (Å²) in [6.45, 7) is 1.39. The van der Waals surface area contributed by atoms with Gasteiger partial charge in [0.1, 0.15) is 12.3 Å². The van der Waals surface area contributed by atoms with E-state index >= 15 is 0 Å². The molecule has 0 saturated heterocycles. The topological polar surface area (TPSA) is 79.6 Å². The van der Waals surface area contributed by atoms with Gasteiger partial charge in [-0.15, -0.1) is 11.8 Å². The summed E-state index contributed by atoms with van der Waals surface area (Å²) in [7, 11) is 0. The lowest BCUT2D eigenvalue weighted by atomic mass is 10.1. The second kappa shape index (κ2) is 8.59. The lowest BCUT2D eigenvalue weighted by Gasteiger charge is -2.22. The number of carbonyl (C=O) groups is 3. The molecule has 0 fully saturated rings. The van der Waals surface area contributed by atoms with Crippen molar-refractivity contribution in [2.45, 2.75) is 23.5 Å². The monoisotopic (exact) mass is 420 g/mol. The van der Waals surface area contributed by atoms with E-state index in [0.717, 1.165) is 10.7 Å². The molecule has 6 nitrogen and oxygen atoms in total. The number of carbonyl (C=O) groups excluding carboxylic acids is 3. The maximum atomic E-state index is 13.0. The van der Waals surface area contributed by atoms with Crippen molar-refractivity contribution in [3.05, 3.63) is 78.3 Å². The third-order valence-corrected chi connectivity index (χ3v) is 6.11. The predicted octanol–water partition coefficient (Wildman–Crippen LogP) is 4.69. The van der Waals surface area contributed by atoms with E-state index in [0.29, 0.717) is 16.9 Å². The molecule has 2 heterocycles. The summed E-state index contributed by atoms with van der Waals surface area (Å²) in [5.74, 6) is 0.245. The molecule has 1 aromatic heterocycles. The molecule has 1 atom stereocenters. The number of hydrogen-bond donors (Lipinski definition) is 1. The second-order valence-corrected chi connectivity index (χ2v) is 8.20. The van der Waals surface area contributed by atoms with Gasteiger partial charge in [0.15, 0.2) is 5.78 Å². The minimum Gasteiger partial charge on any atom is -0.468 e. The molecule has 0 aliphatic carbocycles. The van der Waals surface area contributed by atoms with Gasteiger partial charge >= 0.3 is 0 Å². The zero-order chi connectivity index (χ0) is 21.1. The minimum absolute atomic E-state index is 0.0386. The molecule has 4 rings (SSSR count). The Hall–Kier alpha value is -3.32.